The van der Waals surface area contributed by atoms with Crippen molar-refractivity contribution in [1.29, 1.82) is 0 Å². The lowest BCUT2D eigenvalue weighted by atomic mass is 10.1. The number of piperazine rings is 1. The van der Waals surface area contributed by atoms with Crippen LogP contribution in [-0.2, 0) is 4.79 Å². The van der Waals surface area contributed by atoms with Crippen LogP contribution in [0.3, 0.4) is 0 Å². The number of ether oxygens (including phenoxy) is 1. The van der Waals surface area contributed by atoms with Gasteiger partial charge in [-0.15, -0.1) is 0 Å². The molecule has 2 aromatic rings. The van der Waals surface area contributed by atoms with Crippen molar-refractivity contribution in [3.63, 3.8) is 0 Å². The summed E-state index contributed by atoms with van der Waals surface area (Å²) in [6.07, 6.45) is 5.88. The van der Waals surface area contributed by atoms with Crippen LogP contribution >= 0.6 is 0 Å². The molecular formula is C20H24N4O2. The van der Waals surface area contributed by atoms with Crippen molar-refractivity contribution in [3.05, 3.63) is 60.3 Å². The van der Waals surface area contributed by atoms with Gasteiger partial charge in [-0.2, -0.15) is 0 Å². The molecule has 1 aromatic heterocycles. The highest BCUT2D eigenvalue weighted by molar-refractivity contribution is 5.96. The standard InChI is InChI=1S/C20H24N4O2/c1-26-20-17(10-5-11-22-20)23-19(25)18-15-24(14-12-21-18)13-6-9-16-7-3-2-4-8-16/h2-11,18,21H,12-15H2,1H3,(H,23,25)/b9-6+/t18-/m0/s1. The molecule has 0 unspecified atom stereocenters. The minimum atomic E-state index is -0.265. The fraction of sp³-hybridized carbons (Fsp3) is 0.300. The van der Waals surface area contributed by atoms with Gasteiger partial charge < -0.3 is 15.4 Å². The molecule has 0 spiro atoms. The zero-order chi connectivity index (χ0) is 18.2. The summed E-state index contributed by atoms with van der Waals surface area (Å²) in [7, 11) is 1.54. The molecule has 0 radical (unpaired) electrons. The van der Waals surface area contributed by atoms with E-state index in [0.29, 0.717) is 18.1 Å². The highest BCUT2D eigenvalue weighted by atomic mass is 16.5. The van der Waals surface area contributed by atoms with E-state index >= 15 is 0 Å². The van der Waals surface area contributed by atoms with Crippen molar-refractivity contribution >= 4 is 17.7 Å². The van der Waals surface area contributed by atoms with Crippen LogP contribution in [0.15, 0.2) is 54.7 Å². The predicted molar refractivity (Wildman–Crippen MR) is 103 cm³/mol. The van der Waals surface area contributed by atoms with Crippen LogP contribution in [0.25, 0.3) is 6.08 Å². The minimum absolute atomic E-state index is 0.0759. The Kier molecular flexibility index (Phi) is 6.35. The van der Waals surface area contributed by atoms with Crippen LogP contribution in [0.2, 0.25) is 0 Å². The molecule has 1 aliphatic heterocycles. The zero-order valence-corrected chi connectivity index (χ0v) is 14.9. The highest BCUT2D eigenvalue weighted by Gasteiger charge is 2.25. The largest absolute Gasteiger partial charge is 0.480 e. The predicted octanol–water partition coefficient (Wildman–Crippen LogP) is 2.02. The van der Waals surface area contributed by atoms with Crippen molar-refractivity contribution in [2.75, 3.05) is 38.6 Å². The average molecular weight is 352 g/mol. The van der Waals surface area contributed by atoms with Crippen LogP contribution in [-0.4, -0.2) is 55.1 Å². The van der Waals surface area contributed by atoms with Gasteiger partial charge in [0.15, 0.2) is 0 Å². The number of aromatic nitrogens is 1. The van der Waals surface area contributed by atoms with Crippen molar-refractivity contribution in [1.82, 2.24) is 15.2 Å². The summed E-state index contributed by atoms with van der Waals surface area (Å²) in [5.41, 5.74) is 1.77. The maximum absolute atomic E-state index is 12.6. The molecule has 1 aromatic carbocycles. The molecule has 1 aliphatic rings. The second-order valence-electron chi connectivity index (χ2n) is 6.13. The van der Waals surface area contributed by atoms with Crippen LogP contribution in [0.4, 0.5) is 5.69 Å². The van der Waals surface area contributed by atoms with E-state index in [0.717, 1.165) is 19.6 Å². The Balaban J connectivity index is 1.54. The van der Waals surface area contributed by atoms with Crippen molar-refractivity contribution in [2.45, 2.75) is 6.04 Å². The fourth-order valence-corrected chi connectivity index (χ4v) is 2.92. The van der Waals surface area contributed by atoms with Gasteiger partial charge in [-0.3, -0.25) is 9.69 Å². The third-order valence-electron chi connectivity index (χ3n) is 4.27. The van der Waals surface area contributed by atoms with Gasteiger partial charge in [-0.25, -0.2) is 4.98 Å². The maximum atomic E-state index is 12.6. The zero-order valence-electron chi connectivity index (χ0n) is 14.9. The number of carbonyl (C=O) groups excluding carboxylic acids is 1. The molecule has 6 heteroatoms. The first-order chi connectivity index (χ1) is 12.8. The summed E-state index contributed by atoms with van der Waals surface area (Å²) < 4.78 is 5.18. The van der Waals surface area contributed by atoms with Crippen LogP contribution in [0.5, 0.6) is 5.88 Å². The number of benzene rings is 1. The number of methoxy groups -OCH3 is 1. The lowest BCUT2D eigenvalue weighted by Crippen LogP contribution is -2.55. The summed E-state index contributed by atoms with van der Waals surface area (Å²) >= 11 is 0. The summed E-state index contributed by atoms with van der Waals surface area (Å²) in [5, 5.41) is 6.18. The molecule has 1 amide bonds. The average Bonchev–Trinajstić information content (AvgIpc) is 2.69. The Hall–Kier alpha value is -2.70. The van der Waals surface area contributed by atoms with Gasteiger partial charge in [0.05, 0.1) is 13.2 Å². The molecule has 26 heavy (non-hydrogen) atoms. The van der Waals surface area contributed by atoms with Crippen molar-refractivity contribution in [2.24, 2.45) is 0 Å². The number of pyridine rings is 1. The van der Waals surface area contributed by atoms with E-state index < -0.39 is 0 Å². The van der Waals surface area contributed by atoms with Gasteiger partial charge in [0.2, 0.25) is 11.8 Å². The number of anilines is 1. The third-order valence-corrected chi connectivity index (χ3v) is 4.27. The van der Waals surface area contributed by atoms with E-state index in [4.69, 9.17) is 4.74 Å². The second kappa shape index (κ2) is 9.12. The SMILES string of the molecule is COc1ncccc1NC(=O)[C@@H]1CN(C/C=C/c2ccccc2)CCN1. The molecule has 1 saturated heterocycles. The molecule has 0 bridgehead atoms. The lowest BCUT2D eigenvalue weighted by molar-refractivity contribution is -0.119. The Morgan fingerprint density at radius 3 is 3.00 bits per heavy atom. The normalized spacial score (nSPS) is 18.0. The van der Waals surface area contributed by atoms with Crippen molar-refractivity contribution < 1.29 is 9.53 Å². The molecule has 3 rings (SSSR count). The van der Waals surface area contributed by atoms with E-state index in [9.17, 15) is 4.79 Å². The van der Waals surface area contributed by atoms with Gasteiger partial charge in [0, 0.05) is 32.4 Å². The molecule has 1 fully saturated rings. The molecule has 2 N–H and O–H groups in total. The Labute approximate surface area is 153 Å². The van der Waals surface area contributed by atoms with E-state index in [-0.39, 0.29) is 11.9 Å². The van der Waals surface area contributed by atoms with E-state index in [1.165, 1.54) is 12.7 Å². The van der Waals surface area contributed by atoms with Crippen LogP contribution in [0, 0.1) is 0 Å². The topological polar surface area (TPSA) is 66.5 Å². The number of carbonyl (C=O) groups is 1. The number of amides is 1. The first-order valence-corrected chi connectivity index (χ1v) is 8.73. The number of hydrogen-bond acceptors (Lipinski definition) is 5. The second-order valence-corrected chi connectivity index (χ2v) is 6.13. The summed E-state index contributed by atoms with van der Waals surface area (Å²) in [4.78, 5) is 18.9. The third kappa shape index (κ3) is 4.91. The lowest BCUT2D eigenvalue weighted by Gasteiger charge is -2.32. The Morgan fingerprint density at radius 1 is 1.35 bits per heavy atom. The van der Waals surface area contributed by atoms with Gasteiger partial charge >= 0.3 is 0 Å². The van der Waals surface area contributed by atoms with Gasteiger partial charge in [0.25, 0.3) is 0 Å². The molecule has 0 aliphatic carbocycles. The Morgan fingerprint density at radius 2 is 2.19 bits per heavy atom. The number of nitrogens with zero attached hydrogens (tertiary/aromatic N) is 2. The maximum Gasteiger partial charge on any atom is 0.242 e. The number of nitrogens with one attached hydrogen (secondary N) is 2. The molecule has 6 nitrogen and oxygen atoms in total. The van der Waals surface area contributed by atoms with Crippen molar-refractivity contribution in [3.8, 4) is 5.88 Å². The Bertz CT molecular complexity index is 748. The first-order valence-electron chi connectivity index (χ1n) is 8.73. The fourth-order valence-electron chi connectivity index (χ4n) is 2.92. The van der Waals surface area contributed by atoms with Gasteiger partial charge in [-0.1, -0.05) is 42.5 Å². The van der Waals surface area contributed by atoms with Crippen LogP contribution < -0.4 is 15.4 Å². The molecule has 136 valence electrons. The highest BCUT2D eigenvalue weighted by Crippen LogP contribution is 2.20. The van der Waals surface area contributed by atoms with E-state index in [2.05, 4.69) is 44.8 Å². The molecule has 2 heterocycles. The van der Waals surface area contributed by atoms with E-state index in [1.807, 2.05) is 18.2 Å². The molecule has 1 atom stereocenters. The van der Waals surface area contributed by atoms with Gasteiger partial charge in [-0.05, 0) is 17.7 Å². The summed E-state index contributed by atoms with van der Waals surface area (Å²) in [6, 6.07) is 13.5. The minimum Gasteiger partial charge on any atom is -0.480 e. The monoisotopic (exact) mass is 352 g/mol. The first kappa shape index (κ1) is 18.1. The summed E-state index contributed by atoms with van der Waals surface area (Å²) in [6.45, 7) is 3.17. The number of hydrogen-bond donors (Lipinski definition) is 2. The summed E-state index contributed by atoms with van der Waals surface area (Å²) in [5.74, 6) is 0.340. The van der Waals surface area contributed by atoms with Crippen LogP contribution in [0.1, 0.15) is 5.56 Å². The number of rotatable bonds is 6. The van der Waals surface area contributed by atoms with Gasteiger partial charge in [0.1, 0.15) is 5.69 Å². The molecule has 0 saturated carbocycles. The molecular weight excluding hydrogens is 328 g/mol. The quantitative estimate of drug-likeness (QED) is 0.833. The smallest absolute Gasteiger partial charge is 0.242 e. The van der Waals surface area contributed by atoms with E-state index in [1.54, 1.807) is 18.3 Å².